The van der Waals surface area contributed by atoms with Gasteiger partial charge in [-0.15, -0.1) is 0 Å². The standard InChI is InChI=1S/C23H24N2O3S/c1-16-8-9-18(3)22(14-16)29(27,28)25-21-12-10-19(11-13-21)23(26)24-15-20-7-5-4-6-17(20)2/h4-14,25H,15H2,1-3H3,(H,24,26). The maximum Gasteiger partial charge on any atom is 0.262 e. The summed E-state index contributed by atoms with van der Waals surface area (Å²) in [6, 6.07) is 19.6. The molecule has 3 rings (SSSR count). The van der Waals surface area contributed by atoms with Crippen LogP contribution >= 0.6 is 0 Å². The van der Waals surface area contributed by atoms with Crippen molar-refractivity contribution >= 4 is 21.6 Å². The Kier molecular flexibility index (Phi) is 6.03. The first kappa shape index (κ1) is 20.6. The number of carbonyl (C=O) groups is 1. The zero-order chi connectivity index (χ0) is 21.0. The lowest BCUT2D eigenvalue weighted by Gasteiger charge is -2.12. The van der Waals surface area contributed by atoms with Crippen LogP contribution in [0, 0.1) is 20.8 Å². The van der Waals surface area contributed by atoms with Crippen molar-refractivity contribution in [1.29, 1.82) is 0 Å². The lowest BCUT2D eigenvalue weighted by molar-refractivity contribution is 0.0951. The summed E-state index contributed by atoms with van der Waals surface area (Å²) in [5.41, 5.74) is 4.59. The number of anilines is 1. The number of sulfonamides is 1. The molecule has 0 heterocycles. The van der Waals surface area contributed by atoms with Crippen LogP contribution in [-0.4, -0.2) is 14.3 Å². The normalized spacial score (nSPS) is 11.1. The Morgan fingerprint density at radius 2 is 1.55 bits per heavy atom. The van der Waals surface area contributed by atoms with E-state index < -0.39 is 10.0 Å². The molecule has 3 aromatic rings. The van der Waals surface area contributed by atoms with Crippen LogP contribution in [0.2, 0.25) is 0 Å². The van der Waals surface area contributed by atoms with Crippen molar-refractivity contribution in [3.8, 4) is 0 Å². The Morgan fingerprint density at radius 3 is 2.24 bits per heavy atom. The minimum Gasteiger partial charge on any atom is -0.348 e. The molecule has 29 heavy (non-hydrogen) atoms. The first-order valence-electron chi connectivity index (χ1n) is 9.29. The summed E-state index contributed by atoms with van der Waals surface area (Å²) in [7, 11) is -3.70. The van der Waals surface area contributed by atoms with Gasteiger partial charge in [-0.3, -0.25) is 9.52 Å². The molecule has 0 aliphatic rings. The number of hydrogen-bond donors (Lipinski definition) is 2. The van der Waals surface area contributed by atoms with Crippen LogP contribution < -0.4 is 10.0 Å². The monoisotopic (exact) mass is 408 g/mol. The summed E-state index contributed by atoms with van der Waals surface area (Å²) < 4.78 is 28.0. The third-order valence-electron chi connectivity index (χ3n) is 4.73. The van der Waals surface area contributed by atoms with Gasteiger partial charge in [0.25, 0.3) is 15.9 Å². The molecule has 0 fully saturated rings. The summed E-state index contributed by atoms with van der Waals surface area (Å²) in [5, 5.41) is 2.89. The minimum atomic E-state index is -3.70. The summed E-state index contributed by atoms with van der Waals surface area (Å²) in [5.74, 6) is -0.211. The van der Waals surface area contributed by atoms with Crippen LogP contribution in [0.15, 0.2) is 71.6 Å². The van der Waals surface area contributed by atoms with Crippen molar-refractivity contribution in [2.75, 3.05) is 4.72 Å². The summed E-state index contributed by atoms with van der Waals surface area (Å²) >= 11 is 0. The second-order valence-electron chi connectivity index (χ2n) is 7.06. The molecule has 0 saturated carbocycles. The first-order chi connectivity index (χ1) is 13.8. The highest BCUT2D eigenvalue weighted by atomic mass is 32.2. The molecule has 2 N–H and O–H groups in total. The highest BCUT2D eigenvalue weighted by molar-refractivity contribution is 7.92. The van der Waals surface area contributed by atoms with E-state index in [1.54, 1.807) is 43.3 Å². The third-order valence-corrected chi connectivity index (χ3v) is 6.26. The molecule has 0 bridgehead atoms. The van der Waals surface area contributed by atoms with Crippen LogP contribution in [0.1, 0.15) is 32.6 Å². The van der Waals surface area contributed by atoms with Crippen LogP contribution in [0.4, 0.5) is 5.69 Å². The summed E-state index contributed by atoms with van der Waals surface area (Å²) in [4.78, 5) is 12.6. The van der Waals surface area contributed by atoms with Gasteiger partial charge in [-0.1, -0.05) is 36.4 Å². The van der Waals surface area contributed by atoms with E-state index in [2.05, 4.69) is 10.0 Å². The number of benzene rings is 3. The number of carbonyl (C=O) groups excluding carboxylic acids is 1. The van der Waals surface area contributed by atoms with Gasteiger partial charge in [-0.05, 0) is 73.4 Å². The fourth-order valence-corrected chi connectivity index (χ4v) is 4.37. The van der Waals surface area contributed by atoms with Crippen molar-refractivity contribution in [3.05, 3.63) is 94.5 Å². The molecule has 0 aliphatic heterocycles. The molecular weight excluding hydrogens is 384 g/mol. The predicted molar refractivity (Wildman–Crippen MR) is 116 cm³/mol. The Morgan fingerprint density at radius 1 is 0.862 bits per heavy atom. The van der Waals surface area contributed by atoms with Gasteiger partial charge in [0.15, 0.2) is 0 Å². The van der Waals surface area contributed by atoms with Gasteiger partial charge in [0.05, 0.1) is 4.90 Å². The minimum absolute atomic E-state index is 0.211. The summed E-state index contributed by atoms with van der Waals surface area (Å²) in [6.07, 6.45) is 0. The smallest absolute Gasteiger partial charge is 0.262 e. The second-order valence-corrected chi connectivity index (χ2v) is 8.71. The van der Waals surface area contributed by atoms with Gasteiger partial charge < -0.3 is 5.32 Å². The van der Waals surface area contributed by atoms with Gasteiger partial charge in [0.2, 0.25) is 0 Å². The molecule has 0 aliphatic carbocycles. The molecule has 6 heteroatoms. The van der Waals surface area contributed by atoms with Gasteiger partial charge in [-0.25, -0.2) is 8.42 Å². The molecule has 0 spiro atoms. The number of amides is 1. The molecule has 150 valence electrons. The molecule has 5 nitrogen and oxygen atoms in total. The van der Waals surface area contributed by atoms with Gasteiger partial charge in [0.1, 0.15) is 0 Å². The highest BCUT2D eigenvalue weighted by Crippen LogP contribution is 2.21. The number of nitrogens with one attached hydrogen (secondary N) is 2. The van der Waals surface area contributed by atoms with E-state index in [9.17, 15) is 13.2 Å². The maximum atomic E-state index is 12.7. The zero-order valence-electron chi connectivity index (χ0n) is 16.7. The van der Waals surface area contributed by atoms with E-state index in [1.165, 1.54) is 0 Å². The quantitative estimate of drug-likeness (QED) is 0.637. The van der Waals surface area contributed by atoms with Crippen LogP contribution in [0.3, 0.4) is 0 Å². The highest BCUT2D eigenvalue weighted by Gasteiger charge is 2.17. The molecule has 0 atom stereocenters. The average Bonchev–Trinajstić information content (AvgIpc) is 2.69. The molecule has 0 aromatic heterocycles. The number of aryl methyl sites for hydroxylation is 3. The SMILES string of the molecule is Cc1ccc(C)c(S(=O)(=O)Nc2ccc(C(=O)NCc3ccccc3C)cc2)c1. The van der Waals surface area contributed by atoms with E-state index in [1.807, 2.05) is 44.2 Å². The van der Waals surface area contributed by atoms with E-state index in [4.69, 9.17) is 0 Å². The fourth-order valence-electron chi connectivity index (χ4n) is 2.98. The maximum absolute atomic E-state index is 12.7. The average molecular weight is 409 g/mol. The van der Waals surface area contributed by atoms with Crippen molar-refractivity contribution in [3.63, 3.8) is 0 Å². The number of hydrogen-bond acceptors (Lipinski definition) is 3. The van der Waals surface area contributed by atoms with Crippen molar-refractivity contribution < 1.29 is 13.2 Å². The van der Waals surface area contributed by atoms with Crippen LogP contribution in [0.25, 0.3) is 0 Å². The van der Waals surface area contributed by atoms with E-state index >= 15 is 0 Å². The molecule has 0 saturated heterocycles. The van der Waals surface area contributed by atoms with E-state index in [0.29, 0.717) is 23.4 Å². The largest absolute Gasteiger partial charge is 0.348 e. The van der Waals surface area contributed by atoms with Gasteiger partial charge in [0, 0.05) is 17.8 Å². The number of rotatable bonds is 6. The van der Waals surface area contributed by atoms with Crippen LogP contribution in [0.5, 0.6) is 0 Å². The Bertz CT molecular complexity index is 1140. The Balaban J connectivity index is 1.69. The second kappa shape index (κ2) is 8.49. The van der Waals surface area contributed by atoms with E-state index in [0.717, 1.165) is 16.7 Å². The van der Waals surface area contributed by atoms with Crippen molar-refractivity contribution in [2.24, 2.45) is 0 Å². The summed E-state index contributed by atoms with van der Waals surface area (Å²) in [6.45, 7) is 6.05. The third kappa shape index (κ3) is 5.03. The Labute approximate surface area is 171 Å². The topological polar surface area (TPSA) is 75.3 Å². The van der Waals surface area contributed by atoms with Crippen LogP contribution in [-0.2, 0) is 16.6 Å². The molecule has 0 radical (unpaired) electrons. The molecular formula is C23H24N2O3S. The molecule has 1 amide bonds. The predicted octanol–water partition coefficient (Wildman–Crippen LogP) is 4.34. The lowest BCUT2D eigenvalue weighted by atomic mass is 10.1. The van der Waals surface area contributed by atoms with Crippen molar-refractivity contribution in [1.82, 2.24) is 5.32 Å². The first-order valence-corrected chi connectivity index (χ1v) is 10.8. The molecule has 3 aromatic carbocycles. The zero-order valence-corrected chi connectivity index (χ0v) is 17.5. The van der Waals surface area contributed by atoms with Crippen molar-refractivity contribution in [2.45, 2.75) is 32.2 Å². The molecule has 0 unspecified atom stereocenters. The van der Waals surface area contributed by atoms with Gasteiger partial charge >= 0.3 is 0 Å². The fraction of sp³-hybridized carbons (Fsp3) is 0.174. The van der Waals surface area contributed by atoms with Gasteiger partial charge in [-0.2, -0.15) is 0 Å². The Hall–Kier alpha value is -3.12. The lowest BCUT2D eigenvalue weighted by Crippen LogP contribution is -2.23. The van der Waals surface area contributed by atoms with E-state index in [-0.39, 0.29) is 10.8 Å².